The fourth-order valence-electron chi connectivity index (χ4n) is 4.84. The van der Waals surface area contributed by atoms with Crippen molar-refractivity contribution in [1.29, 1.82) is 0 Å². The summed E-state index contributed by atoms with van der Waals surface area (Å²) in [6, 6.07) is 12.2. The van der Waals surface area contributed by atoms with Crippen molar-refractivity contribution in [1.82, 2.24) is 5.32 Å². The molecule has 1 aliphatic carbocycles. The van der Waals surface area contributed by atoms with E-state index in [1.807, 2.05) is 44.4 Å². The van der Waals surface area contributed by atoms with E-state index in [0.29, 0.717) is 29.7 Å². The SMILES string of the molecule is CSc1ccc(C2C(C(=O)Nc3cccc(C(F)(F)F)c3)=C(C)NC3=C2C(=O)CC(C)(C)C3)cc1. The Morgan fingerprint density at radius 1 is 1.11 bits per heavy atom. The Bertz CT molecular complexity index is 1240. The highest BCUT2D eigenvalue weighted by molar-refractivity contribution is 7.98. The number of amides is 1. The highest BCUT2D eigenvalue weighted by atomic mass is 32.2. The van der Waals surface area contributed by atoms with E-state index in [2.05, 4.69) is 10.6 Å². The minimum atomic E-state index is -4.52. The maximum atomic E-state index is 13.5. The number of alkyl halides is 3. The molecule has 8 heteroatoms. The normalized spacial score (nSPS) is 19.9. The lowest BCUT2D eigenvalue weighted by Gasteiger charge is -2.39. The molecule has 0 bridgehead atoms. The molecule has 2 aromatic rings. The van der Waals surface area contributed by atoms with Gasteiger partial charge in [0.15, 0.2) is 5.78 Å². The number of allylic oxidation sites excluding steroid dienone is 3. The number of anilines is 1. The Morgan fingerprint density at radius 3 is 2.43 bits per heavy atom. The van der Waals surface area contributed by atoms with Crippen molar-refractivity contribution in [3.63, 3.8) is 0 Å². The number of dihydropyridines is 1. The minimum Gasteiger partial charge on any atom is -0.362 e. The van der Waals surface area contributed by atoms with Crippen LogP contribution in [0.25, 0.3) is 0 Å². The van der Waals surface area contributed by atoms with Crippen LogP contribution in [0.1, 0.15) is 50.7 Å². The molecule has 2 aliphatic rings. The molecule has 184 valence electrons. The molecule has 2 N–H and O–H groups in total. The van der Waals surface area contributed by atoms with Crippen LogP contribution in [0.5, 0.6) is 0 Å². The average Bonchev–Trinajstić information content (AvgIpc) is 2.77. The van der Waals surface area contributed by atoms with E-state index >= 15 is 0 Å². The summed E-state index contributed by atoms with van der Waals surface area (Å²) in [7, 11) is 0. The fourth-order valence-corrected chi connectivity index (χ4v) is 5.25. The second-order valence-electron chi connectivity index (χ2n) is 9.74. The Balaban J connectivity index is 1.77. The van der Waals surface area contributed by atoms with Crippen molar-refractivity contribution in [2.24, 2.45) is 5.41 Å². The van der Waals surface area contributed by atoms with Crippen LogP contribution < -0.4 is 10.6 Å². The highest BCUT2D eigenvalue weighted by Gasteiger charge is 2.42. The van der Waals surface area contributed by atoms with Gasteiger partial charge in [-0.05, 0) is 60.9 Å². The number of hydrogen-bond acceptors (Lipinski definition) is 4. The van der Waals surface area contributed by atoms with Gasteiger partial charge in [0.2, 0.25) is 0 Å². The number of carbonyl (C=O) groups excluding carboxylic acids is 2. The molecule has 1 aliphatic heterocycles. The van der Waals surface area contributed by atoms with Gasteiger partial charge in [-0.2, -0.15) is 13.2 Å². The first-order valence-corrected chi connectivity index (χ1v) is 12.5. The summed E-state index contributed by atoms with van der Waals surface area (Å²) in [5, 5.41) is 5.90. The third kappa shape index (κ3) is 5.17. The number of benzene rings is 2. The van der Waals surface area contributed by atoms with E-state index < -0.39 is 23.6 Å². The molecule has 4 rings (SSSR count). The Labute approximate surface area is 207 Å². The zero-order valence-corrected chi connectivity index (χ0v) is 20.8. The topological polar surface area (TPSA) is 58.2 Å². The van der Waals surface area contributed by atoms with Crippen LogP contribution in [0, 0.1) is 5.41 Å². The third-order valence-electron chi connectivity index (χ3n) is 6.38. The van der Waals surface area contributed by atoms with Crippen LogP contribution in [0.4, 0.5) is 18.9 Å². The lowest BCUT2D eigenvalue weighted by atomic mass is 9.68. The summed E-state index contributed by atoms with van der Waals surface area (Å²) in [6.45, 7) is 5.83. The molecule has 0 radical (unpaired) electrons. The van der Waals surface area contributed by atoms with Crippen molar-refractivity contribution in [3.05, 3.63) is 82.2 Å². The van der Waals surface area contributed by atoms with Crippen LogP contribution >= 0.6 is 11.8 Å². The summed E-state index contributed by atoms with van der Waals surface area (Å²) in [5.41, 5.74) is 2.04. The Morgan fingerprint density at radius 2 is 1.80 bits per heavy atom. The molecule has 1 heterocycles. The molecule has 2 aromatic carbocycles. The smallest absolute Gasteiger partial charge is 0.362 e. The van der Waals surface area contributed by atoms with Crippen molar-refractivity contribution < 1.29 is 22.8 Å². The zero-order valence-electron chi connectivity index (χ0n) is 20.0. The molecule has 0 saturated heterocycles. The van der Waals surface area contributed by atoms with Gasteiger partial charge < -0.3 is 10.6 Å². The van der Waals surface area contributed by atoms with Gasteiger partial charge in [0.05, 0.1) is 5.56 Å². The van der Waals surface area contributed by atoms with Gasteiger partial charge in [-0.1, -0.05) is 32.0 Å². The molecular formula is C27H27F3N2O2S. The van der Waals surface area contributed by atoms with E-state index in [4.69, 9.17) is 0 Å². The van der Waals surface area contributed by atoms with Gasteiger partial charge in [0.25, 0.3) is 5.91 Å². The summed E-state index contributed by atoms with van der Waals surface area (Å²) < 4.78 is 39.5. The molecule has 0 spiro atoms. The lowest BCUT2D eigenvalue weighted by molar-refractivity contribution is -0.137. The van der Waals surface area contributed by atoms with E-state index in [1.165, 1.54) is 12.1 Å². The van der Waals surface area contributed by atoms with Gasteiger partial charge in [-0.15, -0.1) is 11.8 Å². The number of nitrogens with one attached hydrogen (secondary N) is 2. The van der Waals surface area contributed by atoms with Crippen LogP contribution in [-0.2, 0) is 15.8 Å². The number of hydrogen-bond donors (Lipinski definition) is 2. The molecular weight excluding hydrogens is 473 g/mol. The molecule has 0 aromatic heterocycles. The second kappa shape index (κ2) is 9.22. The second-order valence-corrected chi connectivity index (χ2v) is 10.6. The van der Waals surface area contributed by atoms with Crippen molar-refractivity contribution in [3.8, 4) is 0 Å². The fraction of sp³-hybridized carbons (Fsp3) is 0.333. The third-order valence-corrected chi connectivity index (χ3v) is 7.12. The summed E-state index contributed by atoms with van der Waals surface area (Å²) in [5.74, 6) is -1.19. The van der Waals surface area contributed by atoms with Gasteiger partial charge >= 0.3 is 6.18 Å². The monoisotopic (exact) mass is 500 g/mol. The molecule has 4 nitrogen and oxygen atoms in total. The minimum absolute atomic E-state index is 0.0282. The number of rotatable bonds is 4. The molecule has 0 fully saturated rings. The number of Topliss-reactive ketones (excluding diaryl/α,β-unsaturated/α-hetero) is 1. The summed E-state index contributed by atoms with van der Waals surface area (Å²) in [6.07, 6.45) is -1.54. The van der Waals surface area contributed by atoms with Crippen LogP contribution in [0.3, 0.4) is 0 Å². The summed E-state index contributed by atoms with van der Waals surface area (Å²) in [4.78, 5) is 27.9. The van der Waals surface area contributed by atoms with Gasteiger partial charge in [-0.3, -0.25) is 9.59 Å². The van der Waals surface area contributed by atoms with Crippen LogP contribution in [-0.4, -0.2) is 17.9 Å². The number of ketones is 1. The average molecular weight is 501 g/mol. The summed E-state index contributed by atoms with van der Waals surface area (Å²) >= 11 is 1.59. The molecule has 0 saturated carbocycles. The quantitative estimate of drug-likeness (QED) is 0.461. The Hall–Kier alpha value is -3.00. The lowest BCUT2D eigenvalue weighted by Crippen LogP contribution is -2.39. The zero-order chi connectivity index (χ0) is 25.5. The van der Waals surface area contributed by atoms with Gasteiger partial charge in [0.1, 0.15) is 0 Å². The molecule has 1 atom stereocenters. The van der Waals surface area contributed by atoms with Crippen molar-refractivity contribution in [2.45, 2.75) is 50.6 Å². The van der Waals surface area contributed by atoms with E-state index in [1.54, 1.807) is 18.7 Å². The molecule has 35 heavy (non-hydrogen) atoms. The number of halogens is 3. The standard InChI is InChI=1S/C27H27F3N2O2S/c1-15-22(25(34)32-18-7-5-6-17(12-18)27(28,29)30)23(16-8-10-19(35-4)11-9-16)24-20(31-15)13-26(2,3)14-21(24)33/h5-12,23,31H,13-14H2,1-4H3,(H,32,34). The number of thioether (sulfide) groups is 1. The van der Waals surface area contributed by atoms with Crippen molar-refractivity contribution in [2.75, 3.05) is 11.6 Å². The first-order chi connectivity index (χ1) is 16.4. The first-order valence-electron chi connectivity index (χ1n) is 11.3. The van der Waals surface area contributed by atoms with Gasteiger partial charge in [0, 0.05) is 45.5 Å². The molecule has 1 amide bonds. The predicted molar refractivity (Wildman–Crippen MR) is 132 cm³/mol. The number of carbonyl (C=O) groups is 2. The maximum absolute atomic E-state index is 13.5. The maximum Gasteiger partial charge on any atom is 0.416 e. The van der Waals surface area contributed by atoms with Gasteiger partial charge in [-0.25, -0.2) is 0 Å². The van der Waals surface area contributed by atoms with E-state index in [-0.39, 0.29) is 16.9 Å². The van der Waals surface area contributed by atoms with Crippen LogP contribution in [0.15, 0.2) is 76.0 Å². The predicted octanol–water partition coefficient (Wildman–Crippen LogP) is 6.67. The Kier molecular flexibility index (Phi) is 6.62. The first kappa shape index (κ1) is 25.1. The van der Waals surface area contributed by atoms with Crippen LogP contribution in [0.2, 0.25) is 0 Å². The van der Waals surface area contributed by atoms with E-state index in [0.717, 1.165) is 28.3 Å². The van der Waals surface area contributed by atoms with Crippen molar-refractivity contribution >= 4 is 29.1 Å². The van der Waals surface area contributed by atoms with E-state index in [9.17, 15) is 22.8 Å². The molecule has 1 unspecified atom stereocenters. The largest absolute Gasteiger partial charge is 0.416 e. The highest BCUT2D eigenvalue weighted by Crippen LogP contribution is 2.47.